The number of ether oxygens (including phenoxy) is 4. The first-order valence-electron chi connectivity index (χ1n) is 12.7. The summed E-state index contributed by atoms with van der Waals surface area (Å²) >= 11 is 0. The number of anilines is 1. The van der Waals surface area contributed by atoms with Gasteiger partial charge in [0.2, 0.25) is 0 Å². The molecule has 1 amide bonds. The Morgan fingerprint density at radius 1 is 1.07 bits per heavy atom. The Morgan fingerprint density at radius 2 is 1.88 bits per heavy atom. The second-order valence-corrected chi connectivity index (χ2v) is 8.98. The largest absolute Gasteiger partial charge is 0.493 e. The minimum Gasteiger partial charge on any atom is -0.493 e. The molecule has 5 rings (SSSR count). The lowest BCUT2D eigenvalue weighted by Gasteiger charge is -2.22. The van der Waals surface area contributed by atoms with Crippen LogP contribution in [0.4, 0.5) is 5.82 Å². The summed E-state index contributed by atoms with van der Waals surface area (Å²) in [6.45, 7) is 6.28. The summed E-state index contributed by atoms with van der Waals surface area (Å²) in [5.74, 6) is 2.48. The van der Waals surface area contributed by atoms with Crippen molar-refractivity contribution in [3.63, 3.8) is 0 Å². The van der Waals surface area contributed by atoms with E-state index in [4.69, 9.17) is 18.9 Å². The fraction of sp³-hybridized carbons (Fsp3) is 0.241. The Hall–Kier alpha value is -5.06. The Morgan fingerprint density at radius 3 is 2.58 bits per heavy atom. The van der Waals surface area contributed by atoms with Gasteiger partial charge in [-0.3, -0.25) is 9.78 Å². The minimum absolute atomic E-state index is 0.0186. The number of carbonyl (C=O) groups is 1. The molecule has 11 heteroatoms. The maximum atomic E-state index is 13.2. The molecule has 0 bridgehead atoms. The van der Waals surface area contributed by atoms with Crippen molar-refractivity contribution in [2.24, 2.45) is 0 Å². The topological polar surface area (TPSA) is 122 Å². The van der Waals surface area contributed by atoms with Crippen molar-refractivity contribution in [2.45, 2.75) is 26.8 Å². The van der Waals surface area contributed by atoms with Crippen LogP contribution in [0.25, 0.3) is 16.6 Å². The van der Waals surface area contributed by atoms with Gasteiger partial charge in [0.15, 0.2) is 22.9 Å². The van der Waals surface area contributed by atoms with Gasteiger partial charge in [-0.2, -0.15) is 5.10 Å². The number of aromatic nitrogens is 4. The molecule has 1 aromatic carbocycles. The smallest absolute Gasteiger partial charge is 0.281 e. The summed E-state index contributed by atoms with van der Waals surface area (Å²) < 4.78 is 24.3. The number of methoxy groups -OCH3 is 2. The maximum Gasteiger partial charge on any atom is 0.281 e. The quantitative estimate of drug-likeness (QED) is 0.300. The number of nitrogens with one attached hydrogen (secondary N) is 2. The van der Waals surface area contributed by atoms with Gasteiger partial charge >= 0.3 is 0 Å². The summed E-state index contributed by atoms with van der Waals surface area (Å²) in [4.78, 5) is 21.9. The number of allylic oxidation sites excluding steroid dienone is 2. The van der Waals surface area contributed by atoms with E-state index >= 15 is 0 Å². The molecule has 3 aromatic heterocycles. The zero-order chi connectivity index (χ0) is 28.2. The number of benzene rings is 1. The molecular weight excluding hydrogens is 512 g/mol. The fourth-order valence-electron chi connectivity index (χ4n) is 4.46. The van der Waals surface area contributed by atoms with Crippen molar-refractivity contribution in [3.8, 4) is 28.7 Å². The van der Waals surface area contributed by atoms with Crippen molar-refractivity contribution < 1.29 is 23.7 Å². The molecule has 1 atom stereocenters. The van der Waals surface area contributed by atoms with Gasteiger partial charge < -0.3 is 29.6 Å². The Labute approximate surface area is 231 Å². The highest BCUT2D eigenvalue weighted by molar-refractivity contribution is 6.04. The molecule has 0 radical (unpaired) electrons. The fourth-order valence-corrected chi connectivity index (χ4v) is 4.46. The van der Waals surface area contributed by atoms with Gasteiger partial charge in [-0.1, -0.05) is 0 Å². The van der Waals surface area contributed by atoms with E-state index in [0.717, 1.165) is 16.7 Å². The summed E-state index contributed by atoms with van der Waals surface area (Å²) in [5, 5.41) is 11.4. The minimum atomic E-state index is -0.435. The third-order valence-corrected chi connectivity index (χ3v) is 6.35. The van der Waals surface area contributed by atoms with E-state index in [1.54, 1.807) is 55.6 Å². The van der Waals surface area contributed by atoms with Crippen molar-refractivity contribution in [3.05, 3.63) is 72.5 Å². The predicted molar refractivity (Wildman–Crippen MR) is 151 cm³/mol. The molecule has 2 N–H and O–H groups in total. The molecule has 40 heavy (non-hydrogen) atoms. The van der Waals surface area contributed by atoms with Gasteiger partial charge in [-0.25, -0.2) is 9.67 Å². The number of fused-ring (bicyclic) bond motifs is 1. The number of pyridine rings is 2. The molecule has 4 aromatic rings. The average Bonchev–Trinajstić information content (AvgIpc) is 3.37. The van der Waals surface area contributed by atoms with Crippen LogP contribution in [0.2, 0.25) is 0 Å². The van der Waals surface area contributed by atoms with Crippen LogP contribution in [-0.2, 0) is 0 Å². The predicted octanol–water partition coefficient (Wildman–Crippen LogP) is 5.02. The summed E-state index contributed by atoms with van der Waals surface area (Å²) in [7, 11) is 3.15. The van der Waals surface area contributed by atoms with E-state index in [-0.39, 0.29) is 11.7 Å². The SMILES string of the molecule is CCOc1cn(C2=C(C)C=CNC2C)nc1C(=O)Nc1ccc(Oc2ccnc3cc(OC)c(OC)cc23)cn1. The lowest BCUT2D eigenvalue weighted by atomic mass is 10.1. The number of hydrogen-bond acceptors (Lipinski definition) is 9. The van der Waals surface area contributed by atoms with Crippen LogP contribution in [0.5, 0.6) is 28.7 Å². The number of amides is 1. The first-order chi connectivity index (χ1) is 19.4. The number of carbonyl (C=O) groups excluding carboxylic acids is 1. The van der Waals surface area contributed by atoms with Crippen LogP contribution in [0.15, 0.2) is 66.8 Å². The van der Waals surface area contributed by atoms with Crippen LogP contribution in [0.3, 0.4) is 0 Å². The first kappa shape index (κ1) is 26.5. The average molecular weight is 543 g/mol. The molecule has 0 aliphatic carbocycles. The Kier molecular flexibility index (Phi) is 7.54. The maximum absolute atomic E-state index is 13.2. The summed E-state index contributed by atoms with van der Waals surface area (Å²) in [6, 6.07) is 8.74. The third kappa shape index (κ3) is 5.26. The third-order valence-electron chi connectivity index (χ3n) is 6.35. The number of nitrogens with zero attached hydrogens (tertiary/aromatic N) is 4. The Bertz CT molecular complexity index is 1610. The van der Waals surface area contributed by atoms with Gasteiger partial charge in [0, 0.05) is 17.6 Å². The summed E-state index contributed by atoms with van der Waals surface area (Å²) in [5.41, 5.74) is 2.83. The number of dihydropyridines is 1. The molecule has 0 fully saturated rings. The van der Waals surface area contributed by atoms with Crippen molar-refractivity contribution in [1.82, 2.24) is 25.1 Å². The first-order valence-corrected chi connectivity index (χ1v) is 12.7. The molecular formula is C29H30N6O5. The van der Waals surface area contributed by atoms with Crippen LogP contribution < -0.4 is 29.6 Å². The molecule has 0 saturated carbocycles. The highest BCUT2D eigenvalue weighted by Crippen LogP contribution is 2.37. The van der Waals surface area contributed by atoms with Crippen LogP contribution in [0, 0.1) is 0 Å². The molecule has 1 unspecified atom stereocenters. The number of rotatable bonds is 9. The van der Waals surface area contributed by atoms with Gasteiger partial charge in [-0.15, -0.1) is 0 Å². The molecule has 4 heterocycles. The zero-order valence-corrected chi connectivity index (χ0v) is 22.9. The van der Waals surface area contributed by atoms with Gasteiger partial charge in [0.25, 0.3) is 5.91 Å². The van der Waals surface area contributed by atoms with Crippen LogP contribution >= 0.6 is 0 Å². The number of hydrogen-bond donors (Lipinski definition) is 2. The second kappa shape index (κ2) is 11.4. The molecule has 0 saturated heterocycles. The zero-order valence-electron chi connectivity index (χ0n) is 22.9. The lowest BCUT2D eigenvalue weighted by Crippen LogP contribution is -2.28. The van der Waals surface area contributed by atoms with E-state index in [0.29, 0.717) is 46.7 Å². The van der Waals surface area contributed by atoms with Crippen LogP contribution in [-0.4, -0.2) is 52.5 Å². The monoisotopic (exact) mass is 542 g/mol. The van der Waals surface area contributed by atoms with E-state index in [9.17, 15) is 4.79 Å². The van der Waals surface area contributed by atoms with E-state index < -0.39 is 5.91 Å². The lowest BCUT2D eigenvalue weighted by molar-refractivity contribution is 0.101. The van der Waals surface area contributed by atoms with E-state index in [2.05, 4.69) is 25.7 Å². The van der Waals surface area contributed by atoms with Crippen molar-refractivity contribution in [2.75, 3.05) is 26.1 Å². The van der Waals surface area contributed by atoms with Gasteiger partial charge in [0.1, 0.15) is 17.3 Å². The second-order valence-electron chi connectivity index (χ2n) is 8.98. The van der Waals surface area contributed by atoms with Gasteiger partial charge in [0.05, 0.1) is 50.5 Å². The molecule has 206 valence electrons. The van der Waals surface area contributed by atoms with Crippen molar-refractivity contribution in [1.29, 1.82) is 0 Å². The van der Waals surface area contributed by atoms with Gasteiger partial charge in [-0.05, 0) is 62.9 Å². The van der Waals surface area contributed by atoms with E-state index in [1.807, 2.05) is 39.1 Å². The molecule has 0 spiro atoms. The standard InChI is InChI=1S/C29H30N6O5/c1-6-39-25-16-35(28-17(2)9-11-30-18(28)3)34-27(25)29(36)33-26-8-7-19(15-32-26)40-22-10-12-31-21-14-24(38-5)23(37-4)13-20(21)22/h7-16,18,30H,6H2,1-5H3,(H,32,33,36). The van der Waals surface area contributed by atoms with Crippen LogP contribution in [0.1, 0.15) is 31.3 Å². The summed E-state index contributed by atoms with van der Waals surface area (Å²) in [6.07, 6.45) is 8.77. The van der Waals surface area contributed by atoms with E-state index in [1.165, 1.54) is 6.20 Å². The molecule has 11 nitrogen and oxygen atoms in total. The normalized spacial score (nSPS) is 14.6. The molecule has 1 aliphatic rings. The van der Waals surface area contributed by atoms with Crippen molar-refractivity contribution >= 4 is 28.3 Å². The Balaban J connectivity index is 1.35. The molecule has 1 aliphatic heterocycles. The highest BCUT2D eigenvalue weighted by Gasteiger charge is 2.23. The highest BCUT2D eigenvalue weighted by atomic mass is 16.5.